The number of furan rings is 1. The van der Waals surface area contributed by atoms with Crippen molar-refractivity contribution in [2.75, 3.05) is 0 Å². The molecule has 146 heavy (non-hydrogen) atoms. The predicted octanol–water partition coefficient (Wildman–Crippen LogP) is 30.5. The molecule has 11 aromatic heterocycles. The second-order valence-electron chi connectivity index (χ2n) is 36.0. The molecule has 0 atom stereocenters. The summed E-state index contributed by atoms with van der Waals surface area (Å²) < 4.78 is 21.8. The molecule has 19 nitrogen and oxygen atoms in total. The minimum absolute atomic E-state index is 0.500. The largest absolute Gasteiger partial charge is 0.455 e. The summed E-state index contributed by atoms with van der Waals surface area (Å²) in [6, 6.07) is 163. The molecule has 30 rings (SSSR count). The third-order valence-corrected chi connectivity index (χ3v) is 28.4. The van der Waals surface area contributed by atoms with Crippen molar-refractivity contribution in [3.63, 3.8) is 0 Å². The Labute approximate surface area is 837 Å². The van der Waals surface area contributed by atoms with Crippen molar-refractivity contribution in [2.45, 2.75) is 0 Å². The van der Waals surface area contributed by atoms with Gasteiger partial charge in [0.15, 0.2) is 34.9 Å². The number of aromatic nitrogens is 18. The topological polar surface area (TPSA) is 196 Å². The van der Waals surface area contributed by atoms with Crippen LogP contribution >= 0.6 is 11.3 Å². The molecule has 0 aliphatic carbocycles. The second kappa shape index (κ2) is 35.1. The highest BCUT2D eigenvalue weighted by Gasteiger charge is 2.29. The van der Waals surface area contributed by atoms with Crippen molar-refractivity contribution in [2.24, 2.45) is 0 Å². The Morgan fingerprint density at radius 3 is 0.863 bits per heavy atom. The lowest BCUT2D eigenvalue weighted by molar-refractivity contribution is 0.670. The monoisotopic (exact) mass is 1890 g/mol. The van der Waals surface area contributed by atoms with E-state index in [9.17, 15) is 0 Å². The highest BCUT2D eigenvalue weighted by molar-refractivity contribution is 7.26. The standard InChI is InChI=1S/C46H30N6.C40H24N6O.C40H24N6S/c1-5-15-31(16-6-1)36-27-37(32-17-7-2-8-18-32)29-38(28-36)35-25-26-41-42(30-35)51-40-24-14-13-23-39(40)47-46(51)52(41)45-49-43(33-19-9-3-10-20-33)48-44(50-45)34-21-11-4-12-22-34;2*1-3-12-25(13-4-1)37-42-38(26-14-5-2-6-15-26)44-39(43-37)46-33-23-22-27(24-34(33)45-32-20-9-8-19-31(32)41-40(45)46)28-17-11-18-30-29-16-7-10-21-35(29)47-36(28)30/h1-30H;2*1-24H. The predicted molar refractivity (Wildman–Crippen MR) is 589 cm³/mol. The van der Waals surface area contributed by atoms with Crippen LogP contribution in [0.4, 0.5) is 0 Å². The van der Waals surface area contributed by atoms with Crippen LogP contribution in [0, 0.1) is 0 Å². The van der Waals surface area contributed by atoms with E-state index in [4.69, 9.17) is 64.2 Å². The summed E-state index contributed by atoms with van der Waals surface area (Å²) >= 11 is 1.85. The van der Waals surface area contributed by atoms with Crippen molar-refractivity contribution in [3.8, 4) is 142 Å². The zero-order valence-electron chi connectivity index (χ0n) is 77.9. The summed E-state index contributed by atoms with van der Waals surface area (Å²) in [5.74, 6) is 7.36. The van der Waals surface area contributed by atoms with E-state index < -0.39 is 0 Å². The number of rotatable bonds is 14. The van der Waals surface area contributed by atoms with Gasteiger partial charge < -0.3 is 4.42 Å². The van der Waals surface area contributed by atoms with E-state index in [1.54, 1.807) is 0 Å². The second-order valence-corrected chi connectivity index (χ2v) is 37.0. The highest BCUT2D eigenvalue weighted by Crippen LogP contribution is 2.45. The van der Waals surface area contributed by atoms with Crippen LogP contribution in [-0.2, 0) is 0 Å². The summed E-state index contributed by atoms with van der Waals surface area (Å²) in [4.78, 5) is 60.7. The van der Waals surface area contributed by atoms with Gasteiger partial charge in [0.05, 0.1) is 66.2 Å². The Morgan fingerprint density at radius 1 is 0.178 bits per heavy atom. The van der Waals surface area contributed by atoms with Gasteiger partial charge in [0, 0.05) is 69.9 Å². The van der Waals surface area contributed by atoms with Gasteiger partial charge in [-0.1, -0.05) is 370 Å². The number of hydrogen-bond acceptors (Lipinski definition) is 14. The molecule has 0 radical (unpaired) electrons. The normalized spacial score (nSPS) is 11.7. The number of nitrogens with zero attached hydrogens (tertiary/aromatic N) is 18. The fourth-order valence-corrected chi connectivity index (χ4v) is 21.6. The van der Waals surface area contributed by atoms with Crippen molar-refractivity contribution in [1.82, 2.24) is 86.7 Å². The quantitative estimate of drug-likeness (QED) is 0.0998. The van der Waals surface area contributed by atoms with Gasteiger partial charge in [0.1, 0.15) is 11.2 Å². The molecule has 0 amide bonds. The minimum Gasteiger partial charge on any atom is -0.455 e. The van der Waals surface area contributed by atoms with E-state index in [0.717, 1.165) is 167 Å². The summed E-state index contributed by atoms with van der Waals surface area (Å²) in [6.07, 6.45) is 0. The number of hydrogen-bond donors (Lipinski definition) is 0. The lowest BCUT2D eigenvalue weighted by Crippen LogP contribution is -2.07. The van der Waals surface area contributed by atoms with Gasteiger partial charge in [0.25, 0.3) is 0 Å². The first kappa shape index (κ1) is 84.1. The van der Waals surface area contributed by atoms with Crippen LogP contribution in [0.15, 0.2) is 478 Å². The van der Waals surface area contributed by atoms with Gasteiger partial charge in [-0.3, -0.25) is 13.2 Å². The Bertz CT molecular complexity index is 9720. The van der Waals surface area contributed by atoms with E-state index in [1.165, 1.54) is 48.0 Å². The van der Waals surface area contributed by atoms with Crippen LogP contribution in [0.1, 0.15) is 0 Å². The first-order chi connectivity index (χ1) is 72.4. The van der Waals surface area contributed by atoms with Crippen LogP contribution in [0.25, 0.3) is 267 Å². The first-order valence-corrected chi connectivity index (χ1v) is 49.1. The maximum absolute atomic E-state index is 6.43. The molecular weight excluding hydrogens is 1810 g/mol. The van der Waals surface area contributed by atoms with Crippen molar-refractivity contribution >= 4 is 137 Å². The van der Waals surface area contributed by atoms with Crippen molar-refractivity contribution in [3.05, 3.63) is 473 Å². The number of para-hydroxylation sites is 8. The van der Waals surface area contributed by atoms with Gasteiger partial charge >= 0.3 is 0 Å². The van der Waals surface area contributed by atoms with Gasteiger partial charge in [-0.05, 0) is 153 Å². The Morgan fingerprint density at radius 2 is 0.473 bits per heavy atom. The lowest BCUT2D eigenvalue weighted by atomic mass is 9.93. The van der Waals surface area contributed by atoms with Crippen LogP contribution in [-0.4, -0.2) is 86.7 Å². The average molecular weight is 1890 g/mol. The van der Waals surface area contributed by atoms with E-state index in [2.05, 4.69) is 265 Å². The maximum Gasteiger partial charge on any atom is 0.241 e. The van der Waals surface area contributed by atoms with Crippen LogP contribution in [0.2, 0.25) is 0 Å². The number of thiophene rings is 1. The molecule has 0 fully saturated rings. The Balaban J connectivity index is 0.000000106. The summed E-state index contributed by atoms with van der Waals surface area (Å²) in [5, 5.41) is 4.79. The summed E-state index contributed by atoms with van der Waals surface area (Å²) in [7, 11) is 0. The Kier molecular flexibility index (Phi) is 20.2. The molecule has 0 unspecified atom stereocenters. The van der Waals surface area contributed by atoms with Gasteiger partial charge in [0.2, 0.25) is 35.2 Å². The molecular formula is C126H78N18OS. The summed E-state index contributed by atoms with van der Waals surface area (Å²) in [5.41, 5.74) is 30.3. The first-order valence-electron chi connectivity index (χ1n) is 48.3. The molecule has 0 aliphatic heterocycles. The minimum atomic E-state index is 0.500. The van der Waals surface area contributed by atoms with Crippen molar-refractivity contribution in [1.29, 1.82) is 0 Å². The fourth-order valence-electron chi connectivity index (χ4n) is 20.3. The van der Waals surface area contributed by atoms with Crippen LogP contribution < -0.4 is 0 Å². The fraction of sp³-hybridized carbons (Fsp3) is 0. The molecule has 684 valence electrons. The summed E-state index contributed by atoms with van der Waals surface area (Å²) in [6.45, 7) is 0. The number of benzene rings is 19. The molecule has 0 N–H and O–H groups in total. The van der Waals surface area contributed by atoms with Crippen LogP contribution in [0.5, 0.6) is 0 Å². The highest BCUT2D eigenvalue weighted by atomic mass is 32.1. The van der Waals surface area contributed by atoms with E-state index in [1.807, 2.05) is 246 Å². The molecule has 30 aromatic rings. The molecule has 11 heterocycles. The molecule has 0 spiro atoms. The van der Waals surface area contributed by atoms with Gasteiger partial charge in [-0.25, -0.2) is 43.6 Å². The third kappa shape index (κ3) is 14.6. The average Bonchev–Trinajstić information content (AvgIpc) is 1.56. The maximum atomic E-state index is 6.43. The lowest BCUT2D eigenvalue weighted by Gasteiger charge is -2.12. The molecule has 19 aromatic carbocycles. The smallest absolute Gasteiger partial charge is 0.241 e. The van der Waals surface area contributed by atoms with Crippen LogP contribution in [0.3, 0.4) is 0 Å². The molecule has 0 bridgehead atoms. The van der Waals surface area contributed by atoms with Gasteiger partial charge in [-0.15, -0.1) is 11.3 Å². The van der Waals surface area contributed by atoms with Crippen molar-refractivity contribution < 1.29 is 4.42 Å². The third-order valence-electron chi connectivity index (χ3n) is 27.2. The molecule has 0 saturated carbocycles. The zero-order valence-corrected chi connectivity index (χ0v) is 78.7. The number of imidazole rings is 6. The SMILES string of the molecule is c1ccc(-c2cc(-c3ccccc3)cc(-c3ccc4c(c3)n3c5ccccc5nc3n4-c3nc(-c4ccccc4)nc(-c4ccccc4)n3)c2)cc1.c1ccc(-c2nc(-c3ccccc3)nc(-n3c4ccc(-c5cccc6c5oc5ccccc56)cc4n4c5ccccc5nc34)n2)cc1.c1ccc(-c2nc(-c3ccccc3)nc(-n3c4ccc(-c5cccc6c5sc5ccccc56)cc4n4c5ccccc5nc34)n2)cc1. The molecule has 20 heteroatoms. The van der Waals surface area contributed by atoms with E-state index in [-0.39, 0.29) is 0 Å². The molecule has 0 saturated heterocycles. The Hall–Kier alpha value is -20.0. The van der Waals surface area contributed by atoms with Gasteiger partial charge in [-0.2, -0.15) is 29.9 Å². The number of fused-ring (bicyclic) bond motifs is 21. The zero-order chi connectivity index (χ0) is 96.2. The molecule has 0 aliphatic rings. The van der Waals surface area contributed by atoms with E-state index in [0.29, 0.717) is 52.8 Å². The van der Waals surface area contributed by atoms with E-state index >= 15 is 0 Å².